The Kier molecular flexibility index (Phi) is 4.24. The molecular weight excluding hydrogens is 258 g/mol. The third-order valence-corrected chi connectivity index (χ3v) is 3.78. The molecule has 3 N–H and O–H groups in total. The highest BCUT2D eigenvalue weighted by Gasteiger charge is 2.11. The summed E-state index contributed by atoms with van der Waals surface area (Å²) in [4.78, 5) is 4.51. The Bertz CT molecular complexity index is 710. The topological polar surface area (TPSA) is 50.9 Å². The predicted molar refractivity (Wildman–Crippen MR) is 86.6 cm³/mol. The minimum atomic E-state index is 0.113. The van der Waals surface area contributed by atoms with Crippen molar-refractivity contribution in [1.29, 1.82) is 0 Å². The third-order valence-electron chi connectivity index (χ3n) is 3.78. The fraction of sp³-hybridized carbons (Fsp3) is 0.167. The van der Waals surface area contributed by atoms with Crippen LogP contribution in [0.1, 0.15) is 23.6 Å². The Morgan fingerprint density at radius 1 is 1.00 bits per heavy atom. The zero-order chi connectivity index (χ0) is 14.5. The number of benzene rings is 2. The van der Waals surface area contributed by atoms with Gasteiger partial charge in [-0.2, -0.15) is 0 Å². The molecule has 0 radical (unpaired) electrons. The molecule has 0 aliphatic heterocycles. The molecule has 3 rings (SSSR count). The summed E-state index contributed by atoms with van der Waals surface area (Å²) in [5.74, 6) is 5.74. The minimum absolute atomic E-state index is 0.113. The number of aromatic nitrogens is 1. The van der Waals surface area contributed by atoms with Crippen molar-refractivity contribution in [2.75, 3.05) is 0 Å². The van der Waals surface area contributed by atoms with Crippen LogP contribution in [0.25, 0.3) is 10.9 Å². The van der Waals surface area contributed by atoms with Gasteiger partial charge in [0.25, 0.3) is 0 Å². The average molecular weight is 277 g/mol. The van der Waals surface area contributed by atoms with Crippen LogP contribution in [0.4, 0.5) is 0 Å². The molecule has 0 aliphatic carbocycles. The molecule has 3 nitrogen and oxygen atoms in total. The highest BCUT2D eigenvalue weighted by atomic mass is 15.2. The molecule has 0 saturated heterocycles. The second-order valence-corrected chi connectivity index (χ2v) is 5.20. The fourth-order valence-corrected chi connectivity index (χ4v) is 2.58. The van der Waals surface area contributed by atoms with Crippen molar-refractivity contribution < 1.29 is 0 Å². The van der Waals surface area contributed by atoms with Crippen molar-refractivity contribution in [2.45, 2.75) is 18.9 Å². The number of hydrazine groups is 1. The van der Waals surface area contributed by atoms with E-state index in [1.165, 1.54) is 5.56 Å². The van der Waals surface area contributed by atoms with Gasteiger partial charge < -0.3 is 0 Å². The lowest BCUT2D eigenvalue weighted by Crippen LogP contribution is -2.28. The molecule has 2 aromatic carbocycles. The van der Waals surface area contributed by atoms with E-state index in [4.69, 9.17) is 5.84 Å². The monoisotopic (exact) mass is 277 g/mol. The van der Waals surface area contributed by atoms with Crippen LogP contribution in [0.3, 0.4) is 0 Å². The molecule has 0 amide bonds. The van der Waals surface area contributed by atoms with Crippen LogP contribution in [0, 0.1) is 0 Å². The van der Waals surface area contributed by atoms with E-state index in [0.717, 1.165) is 29.3 Å². The molecule has 1 unspecified atom stereocenters. The van der Waals surface area contributed by atoms with Crippen LogP contribution in [0.15, 0.2) is 66.9 Å². The van der Waals surface area contributed by atoms with Crippen molar-refractivity contribution in [3.05, 3.63) is 78.0 Å². The van der Waals surface area contributed by atoms with Gasteiger partial charge in [-0.25, -0.2) is 0 Å². The summed E-state index contributed by atoms with van der Waals surface area (Å²) in [5, 5.41) is 1.15. The maximum atomic E-state index is 5.74. The molecule has 0 aliphatic rings. The molecule has 3 aromatic rings. The highest BCUT2D eigenvalue weighted by Crippen LogP contribution is 2.21. The molecule has 0 spiro atoms. The van der Waals surface area contributed by atoms with Gasteiger partial charge in [0.05, 0.1) is 5.52 Å². The predicted octanol–water partition coefficient (Wildman–Crippen LogP) is 3.37. The molecular formula is C18H19N3. The van der Waals surface area contributed by atoms with Crippen LogP contribution in [-0.4, -0.2) is 4.98 Å². The van der Waals surface area contributed by atoms with Gasteiger partial charge >= 0.3 is 0 Å². The van der Waals surface area contributed by atoms with E-state index in [2.05, 4.69) is 46.8 Å². The number of nitrogens with two attached hydrogens (primary N) is 1. The van der Waals surface area contributed by atoms with Gasteiger partial charge in [0.15, 0.2) is 0 Å². The maximum absolute atomic E-state index is 5.74. The van der Waals surface area contributed by atoms with Crippen LogP contribution >= 0.6 is 0 Å². The summed E-state index contributed by atoms with van der Waals surface area (Å²) < 4.78 is 0. The minimum Gasteiger partial charge on any atom is -0.271 e. The van der Waals surface area contributed by atoms with Crippen LogP contribution in [0.2, 0.25) is 0 Å². The molecule has 3 heteroatoms. The van der Waals surface area contributed by atoms with Gasteiger partial charge in [0.1, 0.15) is 0 Å². The number of nitrogens with one attached hydrogen (secondary N) is 1. The van der Waals surface area contributed by atoms with E-state index >= 15 is 0 Å². The lowest BCUT2D eigenvalue weighted by atomic mass is 9.99. The Labute approximate surface area is 124 Å². The van der Waals surface area contributed by atoms with Gasteiger partial charge in [0.2, 0.25) is 0 Å². The standard InChI is InChI=1S/C18H19N3/c19-21-18(11-10-14-6-2-1-3-7-14)16-12-15-8-4-5-9-17(15)20-13-16/h1-9,12-13,18,21H,10-11,19H2. The zero-order valence-corrected chi connectivity index (χ0v) is 11.9. The lowest BCUT2D eigenvalue weighted by molar-refractivity contribution is 0.515. The largest absolute Gasteiger partial charge is 0.271 e. The van der Waals surface area contributed by atoms with Crippen LogP contribution in [-0.2, 0) is 6.42 Å². The van der Waals surface area contributed by atoms with E-state index < -0.39 is 0 Å². The van der Waals surface area contributed by atoms with E-state index in [0.29, 0.717) is 0 Å². The first-order valence-electron chi connectivity index (χ1n) is 7.21. The normalized spacial score (nSPS) is 12.4. The van der Waals surface area contributed by atoms with Gasteiger partial charge in [-0.1, -0.05) is 48.5 Å². The molecule has 1 atom stereocenters. The SMILES string of the molecule is NNC(CCc1ccccc1)c1cnc2ccccc2c1. The first-order valence-corrected chi connectivity index (χ1v) is 7.21. The Morgan fingerprint density at radius 3 is 2.57 bits per heavy atom. The van der Waals surface area contributed by atoms with Crippen molar-refractivity contribution in [3.8, 4) is 0 Å². The van der Waals surface area contributed by atoms with Gasteiger partial charge in [-0.15, -0.1) is 0 Å². The first-order chi connectivity index (χ1) is 10.4. The maximum Gasteiger partial charge on any atom is 0.0702 e. The van der Waals surface area contributed by atoms with Crippen molar-refractivity contribution >= 4 is 10.9 Å². The zero-order valence-electron chi connectivity index (χ0n) is 11.9. The third kappa shape index (κ3) is 3.27. The second kappa shape index (κ2) is 6.48. The van der Waals surface area contributed by atoms with Crippen molar-refractivity contribution in [3.63, 3.8) is 0 Å². The van der Waals surface area contributed by atoms with Gasteiger partial charge in [-0.3, -0.25) is 16.3 Å². The average Bonchev–Trinajstić information content (AvgIpc) is 2.56. The Hall–Kier alpha value is -2.23. The summed E-state index contributed by atoms with van der Waals surface area (Å²) in [6.45, 7) is 0. The molecule has 1 aromatic heterocycles. The molecule has 0 saturated carbocycles. The van der Waals surface area contributed by atoms with Crippen LogP contribution < -0.4 is 11.3 Å². The molecule has 0 fully saturated rings. The van der Waals surface area contributed by atoms with E-state index in [1.807, 2.05) is 30.5 Å². The van der Waals surface area contributed by atoms with Gasteiger partial charge in [0, 0.05) is 17.6 Å². The molecule has 1 heterocycles. The number of hydrogen-bond donors (Lipinski definition) is 2. The number of hydrogen-bond acceptors (Lipinski definition) is 3. The number of para-hydroxylation sites is 1. The number of aryl methyl sites for hydroxylation is 1. The molecule has 106 valence electrons. The Balaban J connectivity index is 1.78. The van der Waals surface area contributed by atoms with Crippen LogP contribution in [0.5, 0.6) is 0 Å². The van der Waals surface area contributed by atoms with E-state index in [1.54, 1.807) is 0 Å². The molecule has 0 bridgehead atoms. The second-order valence-electron chi connectivity index (χ2n) is 5.20. The highest BCUT2D eigenvalue weighted by molar-refractivity contribution is 5.78. The molecule has 21 heavy (non-hydrogen) atoms. The summed E-state index contributed by atoms with van der Waals surface area (Å²) >= 11 is 0. The number of fused-ring (bicyclic) bond motifs is 1. The summed E-state index contributed by atoms with van der Waals surface area (Å²) in [7, 11) is 0. The van der Waals surface area contributed by atoms with E-state index in [-0.39, 0.29) is 6.04 Å². The lowest BCUT2D eigenvalue weighted by Gasteiger charge is -2.16. The van der Waals surface area contributed by atoms with Crippen molar-refractivity contribution in [2.24, 2.45) is 5.84 Å². The smallest absolute Gasteiger partial charge is 0.0702 e. The fourth-order valence-electron chi connectivity index (χ4n) is 2.58. The Morgan fingerprint density at radius 2 is 1.76 bits per heavy atom. The van der Waals surface area contributed by atoms with E-state index in [9.17, 15) is 0 Å². The number of nitrogens with zero attached hydrogens (tertiary/aromatic N) is 1. The first kappa shape index (κ1) is 13.7. The summed E-state index contributed by atoms with van der Waals surface area (Å²) in [6, 6.07) is 20.9. The number of pyridine rings is 1. The summed E-state index contributed by atoms with van der Waals surface area (Å²) in [5.41, 5.74) is 6.38. The van der Waals surface area contributed by atoms with Gasteiger partial charge in [-0.05, 0) is 36.1 Å². The van der Waals surface area contributed by atoms with Crippen molar-refractivity contribution in [1.82, 2.24) is 10.4 Å². The number of rotatable bonds is 5. The summed E-state index contributed by atoms with van der Waals surface area (Å²) in [6.07, 6.45) is 3.85. The quantitative estimate of drug-likeness (QED) is 0.555.